The fraction of sp³-hybridized carbons (Fsp3) is 0.318. The number of hydrogen-bond donors (Lipinski definition) is 3. The van der Waals surface area contributed by atoms with Gasteiger partial charge in [-0.2, -0.15) is 0 Å². The maximum absolute atomic E-state index is 12.9. The number of rotatable bonds is 4. The van der Waals surface area contributed by atoms with Crippen molar-refractivity contribution in [2.45, 2.75) is 18.4 Å². The van der Waals surface area contributed by atoms with Crippen molar-refractivity contribution in [3.63, 3.8) is 0 Å². The van der Waals surface area contributed by atoms with Crippen LogP contribution in [0.3, 0.4) is 0 Å². The van der Waals surface area contributed by atoms with Gasteiger partial charge in [0.1, 0.15) is 34.0 Å². The van der Waals surface area contributed by atoms with Crippen LogP contribution in [0.25, 0.3) is 22.3 Å². The molecular formula is C22H23NO6. The van der Waals surface area contributed by atoms with E-state index in [9.17, 15) is 20.1 Å². The van der Waals surface area contributed by atoms with Gasteiger partial charge in [0.05, 0.1) is 19.3 Å². The molecule has 29 heavy (non-hydrogen) atoms. The van der Waals surface area contributed by atoms with E-state index in [1.165, 1.54) is 19.2 Å². The van der Waals surface area contributed by atoms with Crippen LogP contribution < -0.4 is 10.2 Å². The monoisotopic (exact) mass is 397 g/mol. The Morgan fingerprint density at radius 2 is 1.97 bits per heavy atom. The summed E-state index contributed by atoms with van der Waals surface area (Å²) in [5.41, 5.74) is 0.729. The van der Waals surface area contributed by atoms with Crippen LogP contribution >= 0.6 is 0 Å². The minimum absolute atomic E-state index is 0.0164. The van der Waals surface area contributed by atoms with Gasteiger partial charge in [-0.05, 0) is 32.1 Å². The van der Waals surface area contributed by atoms with Gasteiger partial charge in [0.25, 0.3) is 0 Å². The summed E-state index contributed by atoms with van der Waals surface area (Å²) in [5.74, 6) is 0.0691. The lowest BCUT2D eigenvalue weighted by atomic mass is 9.89. The summed E-state index contributed by atoms with van der Waals surface area (Å²) < 4.78 is 11.5. The number of aliphatic hydroxyl groups is 1. The predicted octanol–water partition coefficient (Wildman–Crippen LogP) is 2.66. The van der Waals surface area contributed by atoms with E-state index in [0.717, 1.165) is 6.54 Å². The molecule has 1 fully saturated rings. The highest BCUT2D eigenvalue weighted by molar-refractivity contribution is 5.90. The molecule has 7 nitrogen and oxygen atoms in total. The molecule has 1 saturated heterocycles. The normalized spacial score (nSPS) is 19.7. The lowest BCUT2D eigenvalue weighted by molar-refractivity contribution is 0.172. The quantitative estimate of drug-likeness (QED) is 0.622. The van der Waals surface area contributed by atoms with Gasteiger partial charge in [0.15, 0.2) is 5.43 Å². The van der Waals surface area contributed by atoms with Gasteiger partial charge in [-0.15, -0.1) is 0 Å². The van der Waals surface area contributed by atoms with Crippen molar-refractivity contribution in [2.24, 2.45) is 0 Å². The van der Waals surface area contributed by atoms with E-state index < -0.39 is 5.43 Å². The summed E-state index contributed by atoms with van der Waals surface area (Å²) in [6, 6.07) is 9.39. The Morgan fingerprint density at radius 1 is 1.21 bits per heavy atom. The molecule has 1 aliphatic rings. The molecule has 0 amide bonds. The van der Waals surface area contributed by atoms with Crippen LogP contribution in [0.1, 0.15) is 17.9 Å². The number of hydrogen-bond acceptors (Lipinski definition) is 7. The van der Waals surface area contributed by atoms with E-state index in [4.69, 9.17) is 9.15 Å². The SMILES string of the molecule is COc1ccccc1-c1cc(=O)c2c(O)cc(O)c([C@H]3CCN(C)[C@@H]3CO)c2o1. The fourth-order valence-electron chi connectivity index (χ4n) is 4.27. The molecule has 3 aromatic rings. The molecule has 0 saturated carbocycles. The molecule has 0 unspecified atom stereocenters. The van der Waals surface area contributed by atoms with E-state index >= 15 is 0 Å². The summed E-state index contributed by atoms with van der Waals surface area (Å²) in [6.07, 6.45) is 0.678. The summed E-state index contributed by atoms with van der Waals surface area (Å²) >= 11 is 0. The number of ether oxygens (including phenoxy) is 1. The number of benzene rings is 2. The Morgan fingerprint density at radius 3 is 2.69 bits per heavy atom. The molecule has 7 heteroatoms. The Balaban J connectivity index is 2.02. The third-order valence-corrected chi connectivity index (χ3v) is 5.75. The van der Waals surface area contributed by atoms with E-state index in [2.05, 4.69) is 0 Å². The molecule has 1 aliphatic heterocycles. The summed E-state index contributed by atoms with van der Waals surface area (Å²) in [7, 11) is 3.43. The minimum Gasteiger partial charge on any atom is -0.507 e. The summed E-state index contributed by atoms with van der Waals surface area (Å²) in [5, 5.41) is 30.9. The van der Waals surface area contributed by atoms with Crippen LogP contribution in [0.4, 0.5) is 0 Å². The molecule has 0 bridgehead atoms. The van der Waals surface area contributed by atoms with Crippen molar-refractivity contribution in [3.8, 4) is 28.6 Å². The van der Waals surface area contributed by atoms with E-state index in [1.54, 1.807) is 18.2 Å². The van der Waals surface area contributed by atoms with Gasteiger partial charge < -0.3 is 29.4 Å². The molecule has 3 N–H and O–H groups in total. The Hall–Kier alpha value is -3.03. The van der Waals surface area contributed by atoms with Gasteiger partial charge >= 0.3 is 0 Å². The molecule has 0 aliphatic carbocycles. The Labute approximate surface area is 167 Å². The number of likely N-dealkylation sites (N-methyl/N-ethyl adjacent to an activating group) is 1. The third-order valence-electron chi connectivity index (χ3n) is 5.75. The Kier molecular flexibility index (Phi) is 4.94. The van der Waals surface area contributed by atoms with Crippen molar-refractivity contribution in [2.75, 3.05) is 27.3 Å². The lowest BCUT2D eigenvalue weighted by Crippen LogP contribution is -2.32. The fourth-order valence-corrected chi connectivity index (χ4v) is 4.27. The van der Waals surface area contributed by atoms with Gasteiger partial charge in [-0.3, -0.25) is 4.79 Å². The topological polar surface area (TPSA) is 103 Å². The second kappa shape index (κ2) is 7.42. The van der Waals surface area contributed by atoms with Crippen molar-refractivity contribution in [1.82, 2.24) is 4.90 Å². The number of fused-ring (bicyclic) bond motifs is 1. The number of phenolic OH excluding ortho intramolecular Hbond substituents is 2. The second-order valence-corrected chi connectivity index (χ2v) is 7.33. The zero-order chi connectivity index (χ0) is 20.7. The van der Waals surface area contributed by atoms with Crippen molar-refractivity contribution >= 4 is 11.0 Å². The number of para-hydroxylation sites is 1. The van der Waals surface area contributed by atoms with Gasteiger partial charge in [0, 0.05) is 29.7 Å². The van der Waals surface area contributed by atoms with Crippen molar-refractivity contribution in [1.29, 1.82) is 0 Å². The maximum Gasteiger partial charge on any atom is 0.197 e. The minimum atomic E-state index is -0.419. The molecule has 0 spiro atoms. The van der Waals surface area contributed by atoms with Crippen molar-refractivity contribution < 1.29 is 24.5 Å². The molecule has 2 heterocycles. The zero-order valence-corrected chi connectivity index (χ0v) is 16.3. The van der Waals surface area contributed by atoms with Gasteiger partial charge in [-0.25, -0.2) is 0 Å². The first-order valence-corrected chi connectivity index (χ1v) is 9.43. The average Bonchev–Trinajstić information content (AvgIpc) is 3.07. The van der Waals surface area contributed by atoms with E-state index in [0.29, 0.717) is 23.3 Å². The van der Waals surface area contributed by atoms with Crippen LogP contribution in [-0.4, -0.2) is 53.6 Å². The molecule has 152 valence electrons. The first-order chi connectivity index (χ1) is 14.0. The highest BCUT2D eigenvalue weighted by Gasteiger charge is 2.36. The standard InChI is InChI=1S/C22H23NO6/c1-23-8-7-12(14(23)11-24)20-15(25)9-16(26)21-17(27)10-19(29-22(20)21)13-5-3-4-6-18(13)28-2/h3-6,9-10,12,14,24-26H,7-8,11H2,1-2H3/t12-,14+/m0/s1. The number of aliphatic hydroxyl groups excluding tert-OH is 1. The molecule has 2 aromatic carbocycles. The van der Waals surface area contributed by atoms with Crippen LogP contribution in [0, 0.1) is 0 Å². The largest absolute Gasteiger partial charge is 0.507 e. The third kappa shape index (κ3) is 3.12. The van der Waals surface area contributed by atoms with Crippen LogP contribution in [0.15, 0.2) is 45.6 Å². The highest BCUT2D eigenvalue weighted by atomic mass is 16.5. The molecule has 4 rings (SSSR count). The average molecular weight is 397 g/mol. The summed E-state index contributed by atoms with van der Waals surface area (Å²) in [4.78, 5) is 14.9. The molecular weight excluding hydrogens is 374 g/mol. The van der Waals surface area contributed by atoms with E-state index in [1.807, 2.05) is 18.0 Å². The van der Waals surface area contributed by atoms with Crippen LogP contribution in [-0.2, 0) is 0 Å². The zero-order valence-electron chi connectivity index (χ0n) is 16.3. The van der Waals surface area contributed by atoms with Crippen LogP contribution in [0.2, 0.25) is 0 Å². The predicted molar refractivity (Wildman–Crippen MR) is 109 cm³/mol. The van der Waals surface area contributed by atoms with Gasteiger partial charge in [-0.1, -0.05) is 12.1 Å². The lowest BCUT2D eigenvalue weighted by Gasteiger charge is -2.24. The van der Waals surface area contributed by atoms with Crippen molar-refractivity contribution in [3.05, 3.63) is 52.2 Å². The number of likely N-dealkylation sites (tertiary alicyclic amines) is 1. The smallest absolute Gasteiger partial charge is 0.197 e. The number of nitrogens with zero attached hydrogens (tertiary/aromatic N) is 1. The molecule has 2 atom stereocenters. The number of phenols is 2. The molecule has 1 aromatic heterocycles. The van der Waals surface area contributed by atoms with Gasteiger partial charge in [0.2, 0.25) is 0 Å². The highest BCUT2D eigenvalue weighted by Crippen LogP contribution is 2.44. The molecule has 0 radical (unpaired) electrons. The van der Waals surface area contributed by atoms with E-state index in [-0.39, 0.29) is 46.8 Å². The first kappa shape index (κ1) is 19.3. The maximum atomic E-state index is 12.9. The number of aromatic hydroxyl groups is 2. The second-order valence-electron chi connectivity index (χ2n) is 7.33. The summed E-state index contributed by atoms with van der Waals surface area (Å²) in [6.45, 7) is 0.632. The van der Waals surface area contributed by atoms with Crippen LogP contribution in [0.5, 0.6) is 17.2 Å². The Bertz CT molecular complexity index is 1120. The first-order valence-electron chi connectivity index (χ1n) is 9.43. The number of methoxy groups -OCH3 is 1.